The lowest BCUT2D eigenvalue weighted by atomic mass is 10.1. The minimum absolute atomic E-state index is 0.487. The number of para-hydroxylation sites is 1. The van der Waals surface area contributed by atoms with Gasteiger partial charge in [-0.05, 0) is 37.8 Å². The van der Waals surface area contributed by atoms with E-state index in [1.165, 1.54) is 12.8 Å². The largest absolute Gasteiger partial charge is 0.396 e. The Morgan fingerprint density at radius 1 is 1.50 bits per heavy atom. The fourth-order valence-electron chi connectivity index (χ4n) is 2.34. The van der Waals surface area contributed by atoms with Gasteiger partial charge in [0.25, 0.3) is 0 Å². The summed E-state index contributed by atoms with van der Waals surface area (Å²) in [5, 5.41) is 0.623. The van der Waals surface area contributed by atoms with Gasteiger partial charge >= 0.3 is 0 Å². The van der Waals surface area contributed by atoms with E-state index in [1.807, 2.05) is 18.2 Å². The van der Waals surface area contributed by atoms with Gasteiger partial charge in [-0.1, -0.05) is 17.7 Å². The molecule has 0 heterocycles. The number of ether oxygens (including phenoxy) is 1. The van der Waals surface area contributed by atoms with Crippen molar-refractivity contribution in [2.75, 3.05) is 30.9 Å². The lowest BCUT2D eigenvalue weighted by Crippen LogP contribution is -2.37. The van der Waals surface area contributed by atoms with E-state index in [4.69, 9.17) is 22.1 Å². The van der Waals surface area contributed by atoms with Gasteiger partial charge in [-0.25, -0.2) is 0 Å². The highest BCUT2D eigenvalue weighted by molar-refractivity contribution is 6.33. The highest BCUT2D eigenvalue weighted by Crippen LogP contribution is 2.39. The average Bonchev–Trinajstić information content (AvgIpc) is 3.18. The summed E-state index contributed by atoms with van der Waals surface area (Å²) < 4.78 is 5.20. The van der Waals surface area contributed by atoms with Crippen LogP contribution in [0, 0.1) is 5.92 Å². The number of halogens is 1. The Labute approximate surface area is 114 Å². The van der Waals surface area contributed by atoms with Gasteiger partial charge in [-0.15, -0.1) is 0 Å². The van der Waals surface area contributed by atoms with Crippen molar-refractivity contribution in [1.29, 1.82) is 0 Å². The van der Waals surface area contributed by atoms with Crippen molar-refractivity contribution >= 4 is 23.0 Å². The minimum Gasteiger partial charge on any atom is -0.396 e. The molecular formula is C14H21ClN2O. The van der Waals surface area contributed by atoms with Gasteiger partial charge in [0.15, 0.2) is 0 Å². The van der Waals surface area contributed by atoms with Crippen molar-refractivity contribution in [3.05, 3.63) is 23.2 Å². The van der Waals surface area contributed by atoms with Crippen LogP contribution in [-0.4, -0.2) is 26.3 Å². The van der Waals surface area contributed by atoms with Gasteiger partial charge in [0.05, 0.1) is 23.0 Å². The van der Waals surface area contributed by atoms with Crippen molar-refractivity contribution in [3.63, 3.8) is 0 Å². The number of nitrogens with zero attached hydrogens (tertiary/aromatic N) is 1. The molecule has 1 aliphatic rings. The van der Waals surface area contributed by atoms with E-state index in [-0.39, 0.29) is 0 Å². The molecule has 0 radical (unpaired) electrons. The Kier molecular flexibility index (Phi) is 4.36. The molecule has 1 unspecified atom stereocenters. The third-order valence-electron chi connectivity index (χ3n) is 3.67. The van der Waals surface area contributed by atoms with Crippen LogP contribution in [0.1, 0.15) is 19.8 Å². The molecule has 0 saturated heterocycles. The number of hydrogen-bond acceptors (Lipinski definition) is 3. The van der Waals surface area contributed by atoms with Crippen LogP contribution in [0.4, 0.5) is 11.4 Å². The molecule has 3 nitrogen and oxygen atoms in total. The summed E-state index contributed by atoms with van der Waals surface area (Å²) in [4.78, 5) is 2.32. The SMILES string of the molecule is COCCN(c1cccc(Cl)c1N)C(C)C1CC1. The molecule has 1 aliphatic carbocycles. The highest BCUT2D eigenvalue weighted by atomic mass is 35.5. The first kappa shape index (κ1) is 13.5. The van der Waals surface area contributed by atoms with E-state index in [9.17, 15) is 0 Å². The first-order chi connectivity index (χ1) is 8.65. The van der Waals surface area contributed by atoms with Crippen LogP contribution in [0.3, 0.4) is 0 Å². The summed E-state index contributed by atoms with van der Waals surface area (Å²) >= 11 is 6.11. The van der Waals surface area contributed by atoms with Gasteiger partial charge in [-0.3, -0.25) is 0 Å². The third kappa shape index (κ3) is 2.90. The van der Waals surface area contributed by atoms with E-state index >= 15 is 0 Å². The second-order valence-corrected chi connectivity index (χ2v) is 5.34. The third-order valence-corrected chi connectivity index (χ3v) is 4.00. The van der Waals surface area contributed by atoms with E-state index in [0.717, 1.165) is 18.2 Å². The molecule has 18 heavy (non-hydrogen) atoms. The molecule has 1 aromatic carbocycles. The number of methoxy groups -OCH3 is 1. The number of benzene rings is 1. The zero-order chi connectivity index (χ0) is 13.1. The van der Waals surface area contributed by atoms with Crippen LogP contribution < -0.4 is 10.6 Å². The number of anilines is 2. The molecule has 2 N–H and O–H groups in total. The Morgan fingerprint density at radius 2 is 2.22 bits per heavy atom. The van der Waals surface area contributed by atoms with Gasteiger partial charge < -0.3 is 15.4 Å². The summed E-state index contributed by atoms with van der Waals surface area (Å²) in [5.74, 6) is 0.778. The number of hydrogen-bond donors (Lipinski definition) is 1. The molecule has 1 aromatic rings. The predicted octanol–water partition coefficient (Wildman–Crippen LogP) is 3.17. The summed E-state index contributed by atoms with van der Waals surface area (Å²) in [6.07, 6.45) is 2.62. The smallest absolute Gasteiger partial charge is 0.0741 e. The Balaban J connectivity index is 2.23. The fourth-order valence-corrected chi connectivity index (χ4v) is 2.51. The molecule has 0 spiro atoms. The molecule has 0 aliphatic heterocycles. The summed E-state index contributed by atoms with van der Waals surface area (Å²) in [5.41, 5.74) is 7.80. The standard InChI is InChI=1S/C14H21ClN2O/c1-10(11-6-7-11)17(8-9-18-2)13-5-3-4-12(15)14(13)16/h3-5,10-11H,6-9,16H2,1-2H3. The number of nitrogens with two attached hydrogens (primary N) is 1. The van der Waals surface area contributed by atoms with Gasteiger partial charge in [0.1, 0.15) is 0 Å². The second-order valence-electron chi connectivity index (χ2n) is 4.94. The molecule has 1 atom stereocenters. The second kappa shape index (κ2) is 5.81. The van der Waals surface area contributed by atoms with Gasteiger partial charge in [-0.2, -0.15) is 0 Å². The summed E-state index contributed by atoms with van der Waals surface area (Å²) in [6.45, 7) is 3.80. The summed E-state index contributed by atoms with van der Waals surface area (Å²) in [6, 6.07) is 6.31. The van der Waals surface area contributed by atoms with Crippen molar-refractivity contribution in [2.45, 2.75) is 25.8 Å². The van der Waals surface area contributed by atoms with Crippen LogP contribution in [-0.2, 0) is 4.74 Å². The van der Waals surface area contributed by atoms with Gasteiger partial charge in [0, 0.05) is 19.7 Å². The van der Waals surface area contributed by atoms with E-state index < -0.39 is 0 Å². The highest BCUT2D eigenvalue weighted by Gasteiger charge is 2.32. The molecule has 100 valence electrons. The first-order valence-corrected chi connectivity index (χ1v) is 6.82. The molecule has 0 bridgehead atoms. The molecular weight excluding hydrogens is 248 g/mol. The predicted molar refractivity (Wildman–Crippen MR) is 77.3 cm³/mol. The van der Waals surface area contributed by atoms with E-state index in [0.29, 0.717) is 23.4 Å². The maximum atomic E-state index is 6.11. The normalized spacial score (nSPS) is 16.6. The molecule has 0 aromatic heterocycles. The Hall–Kier alpha value is -0.930. The summed E-state index contributed by atoms with van der Waals surface area (Å²) in [7, 11) is 1.72. The monoisotopic (exact) mass is 268 g/mol. The molecule has 1 fully saturated rings. The van der Waals surface area contributed by atoms with Crippen molar-refractivity contribution in [1.82, 2.24) is 0 Å². The quantitative estimate of drug-likeness (QED) is 0.806. The Bertz CT molecular complexity index is 407. The van der Waals surface area contributed by atoms with Crippen molar-refractivity contribution in [2.24, 2.45) is 5.92 Å². The van der Waals surface area contributed by atoms with Crippen LogP contribution in [0.5, 0.6) is 0 Å². The van der Waals surface area contributed by atoms with Crippen molar-refractivity contribution < 1.29 is 4.74 Å². The van der Waals surface area contributed by atoms with E-state index in [1.54, 1.807) is 7.11 Å². The Morgan fingerprint density at radius 3 is 2.83 bits per heavy atom. The lowest BCUT2D eigenvalue weighted by molar-refractivity contribution is 0.203. The number of nitrogen functional groups attached to an aromatic ring is 1. The fraction of sp³-hybridized carbons (Fsp3) is 0.571. The van der Waals surface area contributed by atoms with Crippen LogP contribution >= 0.6 is 11.6 Å². The maximum Gasteiger partial charge on any atom is 0.0741 e. The van der Waals surface area contributed by atoms with Crippen molar-refractivity contribution in [3.8, 4) is 0 Å². The molecule has 0 amide bonds. The molecule has 1 saturated carbocycles. The maximum absolute atomic E-state index is 6.11. The zero-order valence-corrected chi connectivity index (χ0v) is 11.8. The van der Waals surface area contributed by atoms with Crippen LogP contribution in [0.2, 0.25) is 5.02 Å². The zero-order valence-electron chi connectivity index (χ0n) is 11.0. The first-order valence-electron chi connectivity index (χ1n) is 6.44. The minimum atomic E-state index is 0.487. The average molecular weight is 269 g/mol. The molecule has 2 rings (SSSR count). The topological polar surface area (TPSA) is 38.5 Å². The van der Waals surface area contributed by atoms with Crippen LogP contribution in [0.15, 0.2) is 18.2 Å². The van der Waals surface area contributed by atoms with E-state index in [2.05, 4.69) is 11.8 Å². The molecule has 4 heteroatoms. The lowest BCUT2D eigenvalue weighted by Gasteiger charge is -2.32. The number of rotatable bonds is 6. The van der Waals surface area contributed by atoms with Gasteiger partial charge in [0.2, 0.25) is 0 Å². The van der Waals surface area contributed by atoms with Crippen LogP contribution in [0.25, 0.3) is 0 Å².